The molecule has 35 heavy (non-hydrogen) atoms. The van der Waals surface area contributed by atoms with E-state index in [1.807, 2.05) is 75.1 Å². The maximum absolute atomic E-state index is 12.1. The SMILES string of the molecule is CC.CCC(=O)N(CC)Cc1ccccc1.CN1C(=O)NC(=O)C12Cc1ccc(NC=O)cc1C2. The zero-order valence-corrected chi connectivity index (χ0v) is 21.3. The first-order valence-corrected chi connectivity index (χ1v) is 12.1. The van der Waals surface area contributed by atoms with Crippen molar-refractivity contribution < 1.29 is 19.2 Å². The highest BCUT2D eigenvalue weighted by atomic mass is 16.2. The minimum Gasteiger partial charge on any atom is -0.339 e. The van der Waals surface area contributed by atoms with Crippen molar-refractivity contribution in [3.63, 3.8) is 0 Å². The molecule has 1 spiro atoms. The van der Waals surface area contributed by atoms with Crippen LogP contribution < -0.4 is 10.6 Å². The topological polar surface area (TPSA) is 98.8 Å². The molecule has 2 aromatic carbocycles. The van der Waals surface area contributed by atoms with Crippen LogP contribution in [-0.2, 0) is 33.8 Å². The molecule has 1 heterocycles. The lowest BCUT2D eigenvalue weighted by Crippen LogP contribution is -2.48. The van der Waals surface area contributed by atoms with E-state index in [1.165, 1.54) is 10.5 Å². The smallest absolute Gasteiger partial charge is 0.324 e. The molecule has 8 nitrogen and oxygen atoms in total. The maximum Gasteiger partial charge on any atom is 0.324 e. The molecule has 188 valence electrons. The zero-order valence-electron chi connectivity index (χ0n) is 21.3. The minimum atomic E-state index is -0.806. The average molecular weight is 481 g/mol. The van der Waals surface area contributed by atoms with E-state index in [9.17, 15) is 19.2 Å². The monoisotopic (exact) mass is 480 g/mol. The van der Waals surface area contributed by atoms with Gasteiger partial charge in [0.1, 0.15) is 5.54 Å². The Hall–Kier alpha value is -3.68. The van der Waals surface area contributed by atoms with Gasteiger partial charge in [-0.15, -0.1) is 0 Å². The van der Waals surface area contributed by atoms with Gasteiger partial charge in [0.05, 0.1) is 0 Å². The third kappa shape index (κ3) is 6.26. The largest absolute Gasteiger partial charge is 0.339 e. The Morgan fingerprint density at radius 1 is 1.09 bits per heavy atom. The number of nitrogens with one attached hydrogen (secondary N) is 2. The van der Waals surface area contributed by atoms with Crippen LogP contribution in [0.15, 0.2) is 48.5 Å². The van der Waals surface area contributed by atoms with Crippen molar-refractivity contribution in [3.05, 3.63) is 65.2 Å². The van der Waals surface area contributed by atoms with E-state index in [4.69, 9.17) is 0 Å². The molecule has 8 heteroatoms. The fourth-order valence-corrected chi connectivity index (χ4v) is 4.26. The molecule has 4 rings (SSSR count). The van der Waals surface area contributed by atoms with Gasteiger partial charge >= 0.3 is 6.03 Å². The molecule has 1 aliphatic carbocycles. The number of likely N-dealkylation sites (N-methyl/N-ethyl adjacent to an activating group) is 1. The van der Waals surface area contributed by atoms with Gasteiger partial charge in [-0.2, -0.15) is 0 Å². The number of carbonyl (C=O) groups is 4. The molecular weight excluding hydrogens is 444 g/mol. The quantitative estimate of drug-likeness (QED) is 0.486. The summed E-state index contributed by atoms with van der Waals surface area (Å²) in [6.45, 7) is 9.41. The number of urea groups is 1. The van der Waals surface area contributed by atoms with Crippen molar-refractivity contribution >= 4 is 29.9 Å². The molecule has 5 amide bonds. The van der Waals surface area contributed by atoms with Crippen molar-refractivity contribution in [2.75, 3.05) is 18.9 Å². The summed E-state index contributed by atoms with van der Waals surface area (Å²) in [6, 6.07) is 15.3. The summed E-state index contributed by atoms with van der Waals surface area (Å²) in [5, 5.41) is 4.94. The van der Waals surface area contributed by atoms with E-state index in [0.29, 0.717) is 31.4 Å². The third-order valence-electron chi connectivity index (χ3n) is 6.24. The van der Waals surface area contributed by atoms with Crippen molar-refractivity contribution in [1.29, 1.82) is 0 Å². The molecule has 0 radical (unpaired) electrons. The van der Waals surface area contributed by atoms with Crippen molar-refractivity contribution in [2.24, 2.45) is 0 Å². The van der Waals surface area contributed by atoms with Crippen molar-refractivity contribution in [1.82, 2.24) is 15.1 Å². The number of carbonyl (C=O) groups excluding carboxylic acids is 4. The zero-order chi connectivity index (χ0) is 26.0. The highest BCUT2D eigenvalue weighted by Gasteiger charge is 2.54. The number of hydrogen-bond acceptors (Lipinski definition) is 4. The number of benzene rings is 2. The molecule has 0 bridgehead atoms. The Labute approximate surface area is 207 Å². The number of hydrogen-bond donors (Lipinski definition) is 2. The lowest BCUT2D eigenvalue weighted by atomic mass is 9.95. The highest BCUT2D eigenvalue weighted by molar-refractivity contribution is 6.07. The van der Waals surface area contributed by atoms with Crippen LogP contribution in [0, 0.1) is 0 Å². The first-order valence-electron chi connectivity index (χ1n) is 12.1. The first kappa shape index (κ1) is 27.6. The average Bonchev–Trinajstić information content (AvgIpc) is 3.37. The van der Waals surface area contributed by atoms with Gasteiger partial charge in [0.25, 0.3) is 5.91 Å². The Morgan fingerprint density at radius 3 is 2.29 bits per heavy atom. The summed E-state index contributed by atoms with van der Waals surface area (Å²) < 4.78 is 0. The number of imide groups is 1. The highest BCUT2D eigenvalue weighted by Crippen LogP contribution is 2.37. The number of amides is 5. The van der Waals surface area contributed by atoms with E-state index in [2.05, 4.69) is 10.6 Å². The summed E-state index contributed by atoms with van der Waals surface area (Å²) in [5.74, 6) is -0.0301. The van der Waals surface area contributed by atoms with E-state index < -0.39 is 5.54 Å². The third-order valence-corrected chi connectivity index (χ3v) is 6.24. The Kier molecular flexibility index (Phi) is 9.99. The van der Waals surface area contributed by atoms with Crippen LogP contribution in [0.2, 0.25) is 0 Å². The molecule has 1 fully saturated rings. The summed E-state index contributed by atoms with van der Waals surface area (Å²) >= 11 is 0. The van der Waals surface area contributed by atoms with Gasteiger partial charge in [-0.05, 0) is 35.7 Å². The van der Waals surface area contributed by atoms with Gasteiger partial charge in [0, 0.05) is 45.1 Å². The van der Waals surface area contributed by atoms with E-state index in [-0.39, 0.29) is 17.8 Å². The van der Waals surface area contributed by atoms with Crippen molar-refractivity contribution in [2.45, 2.75) is 59.0 Å². The molecule has 1 atom stereocenters. The first-order chi connectivity index (χ1) is 16.8. The molecule has 1 aliphatic heterocycles. The summed E-state index contributed by atoms with van der Waals surface area (Å²) in [5.41, 5.74) is 3.10. The molecule has 0 aromatic heterocycles. The van der Waals surface area contributed by atoms with Crippen molar-refractivity contribution in [3.8, 4) is 0 Å². The van der Waals surface area contributed by atoms with E-state index in [1.54, 1.807) is 13.1 Å². The van der Waals surface area contributed by atoms with Gasteiger partial charge in [-0.25, -0.2) is 4.79 Å². The van der Waals surface area contributed by atoms with E-state index >= 15 is 0 Å². The second kappa shape index (κ2) is 12.7. The summed E-state index contributed by atoms with van der Waals surface area (Å²) in [7, 11) is 1.64. The summed E-state index contributed by atoms with van der Waals surface area (Å²) in [6.07, 6.45) is 2.19. The van der Waals surface area contributed by atoms with Crippen LogP contribution >= 0.6 is 0 Å². The number of nitrogens with zero attached hydrogens (tertiary/aromatic N) is 2. The molecule has 1 saturated heterocycles. The minimum absolute atomic E-state index is 0.219. The lowest BCUT2D eigenvalue weighted by Gasteiger charge is -2.27. The van der Waals surface area contributed by atoms with Crippen LogP contribution in [-0.4, -0.2) is 53.2 Å². The fourth-order valence-electron chi connectivity index (χ4n) is 4.26. The number of rotatable bonds is 6. The Bertz CT molecular complexity index is 1040. The van der Waals surface area contributed by atoms with Crippen LogP contribution in [0.5, 0.6) is 0 Å². The molecule has 2 N–H and O–H groups in total. The normalized spacial score (nSPS) is 17.5. The molecule has 0 saturated carbocycles. The summed E-state index contributed by atoms with van der Waals surface area (Å²) in [4.78, 5) is 48.9. The number of fused-ring (bicyclic) bond motifs is 1. The Morgan fingerprint density at radius 2 is 1.74 bits per heavy atom. The number of anilines is 1. The predicted octanol–water partition coefficient (Wildman–Crippen LogP) is 3.75. The molecule has 2 aromatic rings. The van der Waals surface area contributed by atoms with Gasteiger partial charge in [0.2, 0.25) is 12.3 Å². The lowest BCUT2D eigenvalue weighted by molar-refractivity contribution is -0.131. The second-order valence-electron chi connectivity index (χ2n) is 8.20. The van der Waals surface area contributed by atoms with Gasteiger partial charge in [-0.1, -0.05) is 57.2 Å². The Balaban J connectivity index is 0.000000241. The van der Waals surface area contributed by atoms with Gasteiger partial charge in [-0.3, -0.25) is 19.7 Å². The molecule has 1 unspecified atom stereocenters. The van der Waals surface area contributed by atoms with Gasteiger partial charge < -0.3 is 15.1 Å². The van der Waals surface area contributed by atoms with Crippen LogP contribution in [0.3, 0.4) is 0 Å². The van der Waals surface area contributed by atoms with Crippen LogP contribution in [0.1, 0.15) is 50.8 Å². The fraction of sp³-hybridized carbons (Fsp3) is 0.407. The standard InChI is InChI=1S/C13H13N3O3.C12H17NO.C2H6/c1-16-12(19)15-11(18)13(16)5-8-2-3-10(14-7-17)4-9(8)6-13;1-3-12(14)13(4-2)10-11-8-6-5-7-9-11;1-2/h2-4,7H,5-6H2,1H3,(H,14,17)(H,15,18,19);5-9H,3-4,10H2,1-2H3;1-2H3. The van der Waals surface area contributed by atoms with Gasteiger partial charge in [0.15, 0.2) is 0 Å². The van der Waals surface area contributed by atoms with E-state index in [0.717, 1.165) is 24.2 Å². The molecule has 2 aliphatic rings. The van der Waals surface area contributed by atoms with Crippen LogP contribution in [0.25, 0.3) is 0 Å². The second-order valence-corrected chi connectivity index (χ2v) is 8.20. The predicted molar refractivity (Wildman–Crippen MR) is 137 cm³/mol. The molecular formula is C27H36N4O4. The van der Waals surface area contributed by atoms with Crippen LogP contribution in [0.4, 0.5) is 10.5 Å². The maximum atomic E-state index is 12.1.